The standard InChI is InChI=1S/C9H12O2/c1-4-8(5-7(2)3)6-9(10)11/h4-5H,1-2,6H2,3H3,(H,10,11)/b8-5+. The van der Waals surface area contributed by atoms with E-state index in [1.165, 1.54) is 6.08 Å². The Kier molecular flexibility index (Phi) is 3.96. The minimum atomic E-state index is -0.850. The Morgan fingerprint density at radius 2 is 2.18 bits per heavy atom. The predicted octanol–water partition coefficient (Wildman–Crippen LogP) is 2.15. The van der Waals surface area contributed by atoms with Crippen molar-refractivity contribution in [2.24, 2.45) is 0 Å². The van der Waals surface area contributed by atoms with Gasteiger partial charge < -0.3 is 5.11 Å². The first-order valence-corrected chi connectivity index (χ1v) is 3.26. The molecule has 0 fully saturated rings. The van der Waals surface area contributed by atoms with Crippen LogP contribution in [0.2, 0.25) is 0 Å². The number of hydrogen-bond acceptors (Lipinski definition) is 1. The molecule has 0 saturated carbocycles. The normalized spacial score (nSPS) is 10.8. The summed E-state index contributed by atoms with van der Waals surface area (Å²) >= 11 is 0. The van der Waals surface area contributed by atoms with E-state index >= 15 is 0 Å². The van der Waals surface area contributed by atoms with Gasteiger partial charge in [-0.05, 0) is 12.5 Å². The first-order chi connectivity index (χ1) is 5.06. The van der Waals surface area contributed by atoms with Gasteiger partial charge in [0.25, 0.3) is 0 Å². The fourth-order valence-corrected chi connectivity index (χ4v) is 0.673. The van der Waals surface area contributed by atoms with E-state index in [1.807, 2.05) is 6.92 Å². The van der Waals surface area contributed by atoms with E-state index in [0.717, 1.165) is 5.57 Å². The number of hydrogen-bond donors (Lipinski definition) is 1. The van der Waals surface area contributed by atoms with Gasteiger partial charge in [0.1, 0.15) is 0 Å². The Morgan fingerprint density at radius 3 is 2.45 bits per heavy atom. The average Bonchev–Trinajstić information content (AvgIpc) is 1.84. The molecule has 2 heteroatoms. The lowest BCUT2D eigenvalue weighted by Crippen LogP contribution is -1.95. The topological polar surface area (TPSA) is 37.3 Å². The maximum absolute atomic E-state index is 10.2. The first kappa shape index (κ1) is 9.69. The lowest BCUT2D eigenvalue weighted by Gasteiger charge is -1.95. The molecule has 0 aromatic carbocycles. The van der Waals surface area contributed by atoms with Crippen molar-refractivity contribution in [2.75, 3.05) is 0 Å². The maximum Gasteiger partial charge on any atom is 0.307 e. The highest BCUT2D eigenvalue weighted by Crippen LogP contribution is 2.05. The third kappa shape index (κ3) is 5.15. The van der Waals surface area contributed by atoms with Crippen LogP contribution in [0, 0.1) is 0 Å². The zero-order valence-electron chi connectivity index (χ0n) is 6.63. The highest BCUT2D eigenvalue weighted by atomic mass is 16.4. The van der Waals surface area contributed by atoms with Crippen molar-refractivity contribution in [3.05, 3.63) is 36.5 Å². The van der Waals surface area contributed by atoms with Crippen LogP contribution in [0.3, 0.4) is 0 Å². The summed E-state index contributed by atoms with van der Waals surface area (Å²) in [5, 5.41) is 8.41. The number of rotatable bonds is 4. The third-order valence-corrected chi connectivity index (χ3v) is 1.05. The molecule has 0 radical (unpaired) electrons. The molecule has 0 spiro atoms. The average molecular weight is 152 g/mol. The van der Waals surface area contributed by atoms with Gasteiger partial charge in [-0.2, -0.15) is 0 Å². The van der Waals surface area contributed by atoms with E-state index in [1.54, 1.807) is 6.08 Å². The maximum atomic E-state index is 10.2. The monoisotopic (exact) mass is 152 g/mol. The fraction of sp³-hybridized carbons (Fsp3) is 0.222. The van der Waals surface area contributed by atoms with Crippen LogP contribution < -0.4 is 0 Å². The Morgan fingerprint density at radius 1 is 1.64 bits per heavy atom. The van der Waals surface area contributed by atoms with E-state index in [-0.39, 0.29) is 6.42 Å². The summed E-state index contributed by atoms with van der Waals surface area (Å²) in [7, 11) is 0. The largest absolute Gasteiger partial charge is 0.481 e. The van der Waals surface area contributed by atoms with Gasteiger partial charge in [0.05, 0.1) is 6.42 Å². The minimum Gasteiger partial charge on any atom is -0.481 e. The molecule has 0 rings (SSSR count). The molecular formula is C9H12O2. The van der Waals surface area contributed by atoms with Crippen molar-refractivity contribution in [1.82, 2.24) is 0 Å². The number of carboxylic acid groups (broad SMARTS) is 1. The second-order valence-corrected chi connectivity index (χ2v) is 2.34. The number of aliphatic carboxylic acids is 1. The van der Waals surface area contributed by atoms with Gasteiger partial charge in [0.15, 0.2) is 0 Å². The van der Waals surface area contributed by atoms with Crippen LogP contribution in [-0.4, -0.2) is 11.1 Å². The zero-order valence-corrected chi connectivity index (χ0v) is 6.63. The minimum absolute atomic E-state index is 0.0103. The zero-order chi connectivity index (χ0) is 8.85. The second-order valence-electron chi connectivity index (χ2n) is 2.34. The highest BCUT2D eigenvalue weighted by Gasteiger charge is 1.98. The molecule has 0 unspecified atom stereocenters. The molecule has 0 aliphatic carbocycles. The number of carbonyl (C=O) groups is 1. The first-order valence-electron chi connectivity index (χ1n) is 3.26. The second kappa shape index (κ2) is 4.50. The molecule has 60 valence electrons. The molecule has 0 aliphatic rings. The van der Waals surface area contributed by atoms with Crippen molar-refractivity contribution < 1.29 is 9.90 Å². The summed E-state index contributed by atoms with van der Waals surface area (Å²) in [4.78, 5) is 10.2. The van der Waals surface area contributed by atoms with Gasteiger partial charge in [-0.1, -0.05) is 30.9 Å². The van der Waals surface area contributed by atoms with E-state index in [0.29, 0.717) is 5.57 Å². The number of allylic oxidation sites excluding steroid dienone is 3. The van der Waals surface area contributed by atoms with Crippen molar-refractivity contribution in [1.29, 1.82) is 0 Å². The Hall–Kier alpha value is -1.31. The summed E-state index contributed by atoms with van der Waals surface area (Å²) in [6.45, 7) is 8.94. The number of carboxylic acids is 1. The van der Waals surface area contributed by atoms with Crippen molar-refractivity contribution in [2.45, 2.75) is 13.3 Å². The lowest BCUT2D eigenvalue weighted by molar-refractivity contribution is -0.136. The molecule has 11 heavy (non-hydrogen) atoms. The molecule has 0 amide bonds. The summed E-state index contributed by atoms with van der Waals surface area (Å²) < 4.78 is 0. The molecule has 0 saturated heterocycles. The molecule has 0 bridgehead atoms. The molecule has 2 nitrogen and oxygen atoms in total. The third-order valence-electron chi connectivity index (χ3n) is 1.05. The Labute approximate surface area is 66.5 Å². The SMILES string of the molecule is C=C/C(=C\C(=C)C)CC(=O)O. The molecule has 0 atom stereocenters. The van der Waals surface area contributed by atoms with Crippen molar-refractivity contribution >= 4 is 5.97 Å². The van der Waals surface area contributed by atoms with Crippen LogP contribution in [0.25, 0.3) is 0 Å². The highest BCUT2D eigenvalue weighted by molar-refractivity contribution is 5.71. The van der Waals surface area contributed by atoms with E-state index < -0.39 is 5.97 Å². The van der Waals surface area contributed by atoms with Crippen LogP contribution in [-0.2, 0) is 4.79 Å². The van der Waals surface area contributed by atoms with Gasteiger partial charge >= 0.3 is 5.97 Å². The Bertz CT molecular complexity index is 212. The summed E-state index contributed by atoms with van der Waals surface area (Å²) in [5.41, 5.74) is 1.52. The van der Waals surface area contributed by atoms with Crippen LogP contribution in [0.15, 0.2) is 36.5 Å². The molecule has 0 aromatic heterocycles. The van der Waals surface area contributed by atoms with Gasteiger partial charge in [0.2, 0.25) is 0 Å². The van der Waals surface area contributed by atoms with Crippen LogP contribution in [0.5, 0.6) is 0 Å². The lowest BCUT2D eigenvalue weighted by atomic mass is 10.1. The van der Waals surface area contributed by atoms with Crippen LogP contribution in [0.1, 0.15) is 13.3 Å². The summed E-state index contributed by atoms with van der Waals surface area (Å²) in [5.74, 6) is -0.850. The van der Waals surface area contributed by atoms with E-state index in [4.69, 9.17) is 5.11 Å². The molecule has 0 heterocycles. The van der Waals surface area contributed by atoms with E-state index in [9.17, 15) is 4.79 Å². The van der Waals surface area contributed by atoms with E-state index in [2.05, 4.69) is 13.2 Å². The molecule has 0 aromatic rings. The van der Waals surface area contributed by atoms with Crippen LogP contribution >= 0.6 is 0 Å². The predicted molar refractivity (Wildman–Crippen MR) is 45.3 cm³/mol. The van der Waals surface area contributed by atoms with Gasteiger partial charge in [-0.3, -0.25) is 4.79 Å². The Balaban J connectivity index is 4.28. The van der Waals surface area contributed by atoms with Crippen LogP contribution in [0.4, 0.5) is 0 Å². The van der Waals surface area contributed by atoms with Crippen molar-refractivity contribution in [3.8, 4) is 0 Å². The van der Waals surface area contributed by atoms with Crippen molar-refractivity contribution in [3.63, 3.8) is 0 Å². The quantitative estimate of drug-likeness (QED) is 0.627. The molecule has 0 aliphatic heterocycles. The summed E-state index contributed by atoms with van der Waals surface area (Å²) in [6, 6.07) is 0. The molecular weight excluding hydrogens is 140 g/mol. The van der Waals surface area contributed by atoms with Gasteiger partial charge in [-0.15, -0.1) is 0 Å². The smallest absolute Gasteiger partial charge is 0.307 e. The summed E-state index contributed by atoms with van der Waals surface area (Å²) in [6.07, 6.45) is 3.25. The molecule has 1 N–H and O–H groups in total. The van der Waals surface area contributed by atoms with Gasteiger partial charge in [-0.25, -0.2) is 0 Å². The van der Waals surface area contributed by atoms with Gasteiger partial charge in [0, 0.05) is 0 Å². The fourth-order valence-electron chi connectivity index (χ4n) is 0.673.